The lowest BCUT2D eigenvalue weighted by molar-refractivity contribution is -0.141. The van der Waals surface area contributed by atoms with Crippen molar-refractivity contribution in [2.75, 3.05) is 6.26 Å². The highest BCUT2D eigenvalue weighted by Crippen LogP contribution is 2.33. The van der Waals surface area contributed by atoms with E-state index in [1.165, 1.54) is 0 Å². The van der Waals surface area contributed by atoms with Crippen molar-refractivity contribution in [2.45, 2.75) is 30.8 Å². The summed E-state index contributed by atoms with van der Waals surface area (Å²) in [7, 11) is 0. The standard InChI is InChI=1S/C14H15F3N2S/c1-3-12-11(13(19-18-12)14(15,16)17)8-9-4-6-10(20-2)7-5-9/h4-7H,3,8H2,1-2H3,(H,18,19). The van der Waals surface area contributed by atoms with E-state index in [9.17, 15) is 13.2 Å². The minimum atomic E-state index is -4.42. The number of benzene rings is 1. The minimum Gasteiger partial charge on any atom is -0.282 e. The van der Waals surface area contributed by atoms with E-state index in [1.807, 2.05) is 37.4 Å². The zero-order chi connectivity index (χ0) is 14.8. The van der Waals surface area contributed by atoms with Crippen LogP contribution in [0.1, 0.15) is 29.4 Å². The number of nitrogens with zero attached hydrogens (tertiary/aromatic N) is 1. The number of rotatable bonds is 4. The van der Waals surface area contributed by atoms with Crippen molar-refractivity contribution in [2.24, 2.45) is 0 Å². The van der Waals surface area contributed by atoms with Gasteiger partial charge in [0.15, 0.2) is 5.69 Å². The normalized spacial score (nSPS) is 11.8. The summed E-state index contributed by atoms with van der Waals surface area (Å²) in [5.74, 6) is 0. The molecular weight excluding hydrogens is 285 g/mol. The summed E-state index contributed by atoms with van der Waals surface area (Å²) in [5.41, 5.74) is 0.843. The third-order valence-corrected chi connectivity index (χ3v) is 3.86. The predicted molar refractivity (Wildman–Crippen MR) is 74.0 cm³/mol. The molecule has 0 aliphatic rings. The second-order valence-electron chi connectivity index (χ2n) is 4.41. The van der Waals surface area contributed by atoms with Gasteiger partial charge < -0.3 is 0 Å². The fraction of sp³-hybridized carbons (Fsp3) is 0.357. The zero-order valence-electron chi connectivity index (χ0n) is 11.2. The molecule has 1 aromatic heterocycles. The highest BCUT2D eigenvalue weighted by molar-refractivity contribution is 7.98. The van der Waals surface area contributed by atoms with Crippen molar-refractivity contribution in [1.29, 1.82) is 0 Å². The van der Waals surface area contributed by atoms with Gasteiger partial charge >= 0.3 is 6.18 Å². The molecule has 2 nitrogen and oxygen atoms in total. The van der Waals surface area contributed by atoms with Gasteiger partial charge in [0.05, 0.1) is 0 Å². The van der Waals surface area contributed by atoms with E-state index in [1.54, 1.807) is 11.8 Å². The molecule has 0 bridgehead atoms. The Kier molecular flexibility index (Phi) is 4.42. The molecule has 0 saturated carbocycles. The summed E-state index contributed by atoms with van der Waals surface area (Å²) >= 11 is 1.60. The van der Waals surface area contributed by atoms with Crippen molar-refractivity contribution in [3.63, 3.8) is 0 Å². The molecule has 1 N–H and O–H groups in total. The van der Waals surface area contributed by atoms with Crippen LogP contribution in [0, 0.1) is 0 Å². The van der Waals surface area contributed by atoms with Crippen molar-refractivity contribution in [3.8, 4) is 0 Å². The molecule has 0 radical (unpaired) electrons. The van der Waals surface area contributed by atoms with E-state index in [-0.39, 0.29) is 12.0 Å². The largest absolute Gasteiger partial charge is 0.435 e. The summed E-state index contributed by atoms with van der Waals surface area (Å²) in [4.78, 5) is 1.09. The van der Waals surface area contributed by atoms with E-state index < -0.39 is 11.9 Å². The summed E-state index contributed by atoms with van der Waals surface area (Å²) in [6, 6.07) is 7.55. The first-order chi connectivity index (χ1) is 9.45. The Bertz CT molecular complexity index is 573. The van der Waals surface area contributed by atoms with Crippen LogP contribution in [0.2, 0.25) is 0 Å². The molecule has 6 heteroatoms. The SMILES string of the molecule is CCc1[nH]nc(C(F)(F)F)c1Cc1ccc(SC)cc1. The molecule has 0 spiro atoms. The van der Waals surface area contributed by atoms with Gasteiger partial charge in [0, 0.05) is 22.6 Å². The number of aromatic amines is 1. The van der Waals surface area contributed by atoms with E-state index in [0.29, 0.717) is 12.1 Å². The molecule has 0 aliphatic heterocycles. The summed E-state index contributed by atoms with van der Waals surface area (Å²) in [6.45, 7) is 1.81. The Morgan fingerprint density at radius 2 is 1.85 bits per heavy atom. The number of thioether (sulfide) groups is 1. The lowest BCUT2D eigenvalue weighted by Crippen LogP contribution is -2.09. The van der Waals surface area contributed by atoms with Crippen LogP contribution < -0.4 is 0 Å². The molecular formula is C14H15F3N2S. The Morgan fingerprint density at radius 3 is 2.35 bits per heavy atom. The Morgan fingerprint density at radius 1 is 1.20 bits per heavy atom. The number of hydrogen-bond donors (Lipinski definition) is 1. The maximum absolute atomic E-state index is 12.9. The third kappa shape index (κ3) is 3.17. The van der Waals surface area contributed by atoms with Crippen LogP contribution in [0.25, 0.3) is 0 Å². The molecule has 2 rings (SSSR count). The van der Waals surface area contributed by atoms with Crippen LogP contribution in [0.5, 0.6) is 0 Å². The molecule has 0 atom stereocenters. The van der Waals surface area contributed by atoms with Gasteiger partial charge in [0.1, 0.15) is 0 Å². The predicted octanol–water partition coefficient (Wildman–Crippen LogP) is 4.30. The van der Waals surface area contributed by atoms with E-state index >= 15 is 0 Å². The topological polar surface area (TPSA) is 28.7 Å². The number of nitrogens with one attached hydrogen (secondary N) is 1. The van der Waals surface area contributed by atoms with Gasteiger partial charge in [0.2, 0.25) is 0 Å². The van der Waals surface area contributed by atoms with Gasteiger partial charge in [-0.1, -0.05) is 19.1 Å². The van der Waals surface area contributed by atoms with Gasteiger partial charge in [-0.3, -0.25) is 5.10 Å². The van der Waals surface area contributed by atoms with Gasteiger partial charge in [0.25, 0.3) is 0 Å². The van der Waals surface area contributed by atoms with Crippen molar-refractivity contribution in [3.05, 3.63) is 46.8 Å². The first-order valence-electron chi connectivity index (χ1n) is 6.22. The summed E-state index contributed by atoms with van der Waals surface area (Å²) in [5, 5.41) is 5.93. The van der Waals surface area contributed by atoms with Crippen LogP contribution in [0.3, 0.4) is 0 Å². The van der Waals surface area contributed by atoms with E-state index in [0.717, 1.165) is 10.5 Å². The molecule has 0 fully saturated rings. The van der Waals surface area contributed by atoms with Gasteiger partial charge in [-0.15, -0.1) is 11.8 Å². The van der Waals surface area contributed by atoms with Crippen molar-refractivity contribution < 1.29 is 13.2 Å². The lowest BCUT2D eigenvalue weighted by Gasteiger charge is -2.08. The second kappa shape index (κ2) is 5.91. The smallest absolute Gasteiger partial charge is 0.282 e. The quantitative estimate of drug-likeness (QED) is 0.853. The highest BCUT2D eigenvalue weighted by Gasteiger charge is 2.37. The van der Waals surface area contributed by atoms with Gasteiger partial charge in [-0.2, -0.15) is 18.3 Å². The van der Waals surface area contributed by atoms with E-state index in [2.05, 4.69) is 10.2 Å². The molecule has 20 heavy (non-hydrogen) atoms. The van der Waals surface area contributed by atoms with Crippen molar-refractivity contribution >= 4 is 11.8 Å². The monoisotopic (exact) mass is 300 g/mol. The fourth-order valence-corrected chi connectivity index (χ4v) is 2.47. The number of hydrogen-bond acceptors (Lipinski definition) is 2. The second-order valence-corrected chi connectivity index (χ2v) is 5.29. The van der Waals surface area contributed by atoms with Crippen LogP contribution in [0.15, 0.2) is 29.2 Å². The van der Waals surface area contributed by atoms with Crippen LogP contribution >= 0.6 is 11.8 Å². The summed E-state index contributed by atoms with van der Waals surface area (Å²) < 4.78 is 38.8. The molecule has 1 heterocycles. The molecule has 0 saturated heterocycles. The van der Waals surface area contributed by atoms with Crippen LogP contribution in [0.4, 0.5) is 13.2 Å². The molecule has 0 aliphatic carbocycles. The maximum Gasteiger partial charge on any atom is 0.435 e. The molecule has 0 amide bonds. The van der Waals surface area contributed by atoms with Gasteiger partial charge in [-0.25, -0.2) is 0 Å². The zero-order valence-corrected chi connectivity index (χ0v) is 12.0. The number of H-pyrrole nitrogens is 1. The molecule has 0 unspecified atom stereocenters. The average Bonchev–Trinajstić information content (AvgIpc) is 2.82. The maximum atomic E-state index is 12.9. The van der Waals surface area contributed by atoms with E-state index in [4.69, 9.17) is 0 Å². The first kappa shape index (κ1) is 15.0. The molecule has 108 valence electrons. The number of halogens is 3. The highest BCUT2D eigenvalue weighted by atomic mass is 32.2. The summed E-state index contributed by atoms with van der Waals surface area (Å²) in [6.07, 6.45) is -1.72. The Hall–Kier alpha value is -1.43. The molecule has 1 aromatic carbocycles. The van der Waals surface area contributed by atoms with Gasteiger partial charge in [-0.05, 0) is 30.4 Å². The van der Waals surface area contributed by atoms with Crippen molar-refractivity contribution in [1.82, 2.24) is 10.2 Å². The van der Waals surface area contributed by atoms with Crippen LogP contribution in [-0.2, 0) is 19.0 Å². The lowest BCUT2D eigenvalue weighted by atomic mass is 10.0. The minimum absolute atomic E-state index is 0.239. The molecule has 2 aromatic rings. The average molecular weight is 300 g/mol. The first-order valence-corrected chi connectivity index (χ1v) is 7.44. The number of alkyl halides is 3. The Labute approximate surface area is 119 Å². The number of aryl methyl sites for hydroxylation is 1. The third-order valence-electron chi connectivity index (χ3n) is 3.11. The number of aromatic nitrogens is 2. The Balaban J connectivity index is 2.33. The van der Waals surface area contributed by atoms with Crippen LogP contribution in [-0.4, -0.2) is 16.5 Å². The fourth-order valence-electron chi connectivity index (χ4n) is 2.07.